The smallest absolute Gasteiger partial charge is 0.455 e. The van der Waals surface area contributed by atoms with Crippen LogP contribution in [0.25, 0.3) is 0 Å². The second kappa shape index (κ2) is 4.03. The van der Waals surface area contributed by atoms with Crippen LogP contribution in [0.1, 0.15) is 22.8 Å². The van der Waals surface area contributed by atoms with Crippen molar-refractivity contribution in [1.29, 1.82) is 0 Å². The number of halogens is 3. The molecule has 0 amide bonds. The molecular weight excluding hydrogens is 225 g/mol. The number of Topliss-reactive ketones (excluding diaryl/α,β-unsaturated/α-hetero) is 1. The summed E-state index contributed by atoms with van der Waals surface area (Å²) >= 11 is 0. The van der Waals surface area contributed by atoms with Gasteiger partial charge in [0, 0.05) is 6.07 Å². The Morgan fingerprint density at radius 3 is 2.25 bits per heavy atom. The topological polar surface area (TPSA) is 57.5 Å². The van der Waals surface area contributed by atoms with Crippen molar-refractivity contribution in [2.45, 2.75) is 19.5 Å². The molecule has 0 unspecified atom stereocenters. The van der Waals surface area contributed by atoms with Crippen molar-refractivity contribution in [1.82, 2.24) is 0 Å². The lowest BCUT2D eigenvalue weighted by Gasteiger charge is -2.09. The Kier molecular flexibility index (Phi) is 3.11. The Hall–Kier alpha value is -1.72. The van der Waals surface area contributed by atoms with Crippen LogP contribution >= 0.6 is 0 Å². The number of benzene rings is 1. The van der Waals surface area contributed by atoms with Gasteiger partial charge in [-0.1, -0.05) is 6.92 Å². The van der Waals surface area contributed by atoms with Crippen molar-refractivity contribution in [3.05, 3.63) is 23.3 Å². The molecule has 1 aromatic rings. The van der Waals surface area contributed by atoms with Gasteiger partial charge in [-0.05, 0) is 18.1 Å². The fraction of sp³-hybridized carbons (Fsp3) is 0.300. The largest absolute Gasteiger partial charge is 0.508 e. The maximum atomic E-state index is 12.1. The van der Waals surface area contributed by atoms with E-state index in [1.807, 2.05) is 0 Å². The second-order valence-corrected chi connectivity index (χ2v) is 3.18. The molecule has 16 heavy (non-hydrogen) atoms. The zero-order valence-corrected chi connectivity index (χ0v) is 8.30. The second-order valence-electron chi connectivity index (χ2n) is 3.18. The monoisotopic (exact) mass is 234 g/mol. The number of aromatic hydroxyl groups is 2. The summed E-state index contributed by atoms with van der Waals surface area (Å²) in [5, 5.41) is 18.4. The average Bonchev–Trinajstić information content (AvgIpc) is 2.15. The quantitative estimate of drug-likeness (QED) is 0.772. The van der Waals surface area contributed by atoms with Crippen LogP contribution in [0.3, 0.4) is 0 Å². The molecule has 0 fully saturated rings. The van der Waals surface area contributed by atoms with E-state index in [0.717, 1.165) is 12.1 Å². The fourth-order valence-electron chi connectivity index (χ4n) is 1.24. The summed E-state index contributed by atoms with van der Waals surface area (Å²) in [5.74, 6) is -3.34. The Morgan fingerprint density at radius 1 is 1.25 bits per heavy atom. The lowest BCUT2D eigenvalue weighted by Crippen LogP contribution is -2.22. The Bertz CT molecular complexity index is 424. The number of aryl methyl sites for hydroxylation is 1. The van der Waals surface area contributed by atoms with E-state index < -0.39 is 23.3 Å². The first kappa shape index (κ1) is 12.4. The Balaban J connectivity index is 3.30. The van der Waals surface area contributed by atoms with Gasteiger partial charge in [-0.15, -0.1) is 0 Å². The van der Waals surface area contributed by atoms with Crippen LogP contribution in [0.4, 0.5) is 13.2 Å². The van der Waals surface area contributed by atoms with Crippen LogP contribution in [-0.4, -0.2) is 22.2 Å². The number of carbonyl (C=O) groups is 1. The molecule has 0 saturated carbocycles. The zero-order valence-electron chi connectivity index (χ0n) is 8.30. The van der Waals surface area contributed by atoms with Crippen LogP contribution in [0.15, 0.2) is 12.1 Å². The highest BCUT2D eigenvalue weighted by Crippen LogP contribution is 2.32. The summed E-state index contributed by atoms with van der Waals surface area (Å²) in [7, 11) is 0. The van der Waals surface area contributed by atoms with Gasteiger partial charge in [-0.2, -0.15) is 13.2 Å². The third-order valence-electron chi connectivity index (χ3n) is 2.08. The van der Waals surface area contributed by atoms with Gasteiger partial charge in [-0.25, -0.2) is 0 Å². The molecule has 2 N–H and O–H groups in total. The van der Waals surface area contributed by atoms with Gasteiger partial charge in [0.2, 0.25) is 0 Å². The molecule has 0 heterocycles. The molecule has 0 aliphatic carbocycles. The van der Waals surface area contributed by atoms with Crippen molar-refractivity contribution in [2.75, 3.05) is 0 Å². The minimum Gasteiger partial charge on any atom is -0.508 e. The first-order chi connectivity index (χ1) is 7.27. The van der Waals surface area contributed by atoms with E-state index in [2.05, 4.69) is 0 Å². The summed E-state index contributed by atoms with van der Waals surface area (Å²) in [6.07, 6.45) is -4.79. The SMILES string of the molecule is CCc1cc(C(=O)C(F)(F)F)c(O)cc1O. The minimum absolute atomic E-state index is 0.172. The number of alkyl halides is 3. The van der Waals surface area contributed by atoms with Crippen molar-refractivity contribution in [3.63, 3.8) is 0 Å². The molecule has 0 bridgehead atoms. The predicted octanol–water partition coefficient (Wildman–Crippen LogP) is 2.41. The van der Waals surface area contributed by atoms with E-state index in [4.69, 9.17) is 5.11 Å². The van der Waals surface area contributed by atoms with Gasteiger partial charge < -0.3 is 10.2 Å². The first-order valence-corrected chi connectivity index (χ1v) is 4.43. The number of hydrogen-bond acceptors (Lipinski definition) is 3. The third-order valence-corrected chi connectivity index (χ3v) is 2.08. The first-order valence-electron chi connectivity index (χ1n) is 4.43. The van der Waals surface area contributed by atoms with Crippen LogP contribution in [0, 0.1) is 0 Å². The van der Waals surface area contributed by atoms with Gasteiger partial charge in [0.05, 0.1) is 5.56 Å². The molecule has 0 atom stereocenters. The molecule has 0 radical (unpaired) electrons. The zero-order chi connectivity index (χ0) is 12.5. The molecule has 0 saturated heterocycles. The van der Waals surface area contributed by atoms with Crippen LogP contribution in [0.2, 0.25) is 0 Å². The minimum atomic E-state index is -5.04. The lowest BCUT2D eigenvalue weighted by molar-refractivity contribution is -0.0886. The summed E-state index contributed by atoms with van der Waals surface area (Å²) in [6.45, 7) is 1.61. The summed E-state index contributed by atoms with van der Waals surface area (Å²) in [5.41, 5.74) is -0.674. The van der Waals surface area contributed by atoms with E-state index in [1.54, 1.807) is 6.92 Å². The van der Waals surface area contributed by atoms with Gasteiger partial charge >= 0.3 is 6.18 Å². The summed E-state index contributed by atoms with van der Waals surface area (Å²) < 4.78 is 36.4. The predicted molar refractivity (Wildman–Crippen MR) is 49.5 cm³/mol. The van der Waals surface area contributed by atoms with Crippen LogP contribution in [-0.2, 0) is 6.42 Å². The molecule has 3 nitrogen and oxygen atoms in total. The van der Waals surface area contributed by atoms with E-state index in [9.17, 15) is 23.1 Å². The summed E-state index contributed by atoms with van der Waals surface area (Å²) in [6, 6.07) is 1.58. The van der Waals surface area contributed by atoms with E-state index >= 15 is 0 Å². The van der Waals surface area contributed by atoms with Gasteiger partial charge in [0.25, 0.3) is 5.78 Å². The molecule has 1 aromatic carbocycles. The maximum Gasteiger partial charge on any atom is 0.455 e. The van der Waals surface area contributed by atoms with Gasteiger partial charge in [0.1, 0.15) is 11.5 Å². The number of hydrogen-bond donors (Lipinski definition) is 2. The molecule has 0 aliphatic heterocycles. The maximum absolute atomic E-state index is 12.1. The van der Waals surface area contributed by atoms with E-state index in [1.165, 1.54) is 0 Å². The molecule has 0 aliphatic rings. The van der Waals surface area contributed by atoms with Crippen LogP contribution < -0.4 is 0 Å². The van der Waals surface area contributed by atoms with Gasteiger partial charge in [0.15, 0.2) is 0 Å². The van der Waals surface area contributed by atoms with Crippen molar-refractivity contribution in [2.24, 2.45) is 0 Å². The number of carbonyl (C=O) groups excluding carboxylic acids is 1. The molecule has 1 rings (SSSR count). The standard InChI is InChI=1S/C10H9F3O3/c1-2-5-3-6(8(15)4-7(5)14)9(16)10(11,12)13/h3-4,14-15H,2H2,1H3. The summed E-state index contributed by atoms with van der Waals surface area (Å²) in [4.78, 5) is 10.9. The third kappa shape index (κ3) is 2.26. The van der Waals surface area contributed by atoms with Crippen molar-refractivity contribution < 1.29 is 28.2 Å². The molecular formula is C10H9F3O3. The Morgan fingerprint density at radius 2 is 1.81 bits per heavy atom. The fourth-order valence-corrected chi connectivity index (χ4v) is 1.24. The van der Waals surface area contributed by atoms with Crippen molar-refractivity contribution in [3.8, 4) is 11.5 Å². The highest BCUT2D eigenvalue weighted by molar-refractivity contribution is 6.02. The number of phenols is 2. The number of ketones is 1. The highest BCUT2D eigenvalue weighted by Gasteiger charge is 2.40. The molecule has 88 valence electrons. The normalized spacial score (nSPS) is 11.5. The highest BCUT2D eigenvalue weighted by atomic mass is 19.4. The average molecular weight is 234 g/mol. The molecule has 6 heteroatoms. The van der Waals surface area contributed by atoms with Gasteiger partial charge in [-0.3, -0.25) is 4.79 Å². The lowest BCUT2D eigenvalue weighted by atomic mass is 10.0. The van der Waals surface area contributed by atoms with E-state index in [0.29, 0.717) is 0 Å². The number of phenolic OH excluding ortho intramolecular Hbond substituents is 2. The van der Waals surface area contributed by atoms with Crippen molar-refractivity contribution >= 4 is 5.78 Å². The molecule has 0 aromatic heterocycles. The van der Waals surface area contributed by atoms with Crippen LogP contribution in [0.5, 0.6) is 11.5 Å². The van der Waals surface area contributed by atoms with E-state index in [-0.39, 0.29) is 17.7 Å². The number of rotatable bonds is 2. The Labute approximate surface area is 89.1 Å². The molecule has 0 spiro atoms.